The number of hydrogen-bond donors (Lipinski definition) is 1. The van der Waals surface area contributed by atoms with Gasteiger partial charge in [0.05, 0.1) is 0 Å². The molecule has 4 aromatic rings. The van der Waals surface area contributed by atoms with Gasteiger partial charge in [-0.2, -0.15) is 0 Å². The molecule has 0 radical (unpaired) electrons. The third-order valence-corrected chi connectivity index (χ3v) is 5.70. The van der Waals surface area contributed by atoms with Gasteiger partial charge in [-0.1, -0.05) is 43.5 Å². The maximum absolute atomic E-state index is 12.6. The number of fused-ring (bicyclic) bond motifs is 2. The van der Waals surface area contributed by atoms with Crippen LogP contribution in [0, 0.1) is 5.92 Å². The first kappa shape index (κ1) is 17.0. The number of rotatable bonds is 3. The summed E-state index contributed by atoms with van der Waals surface area (Å²) in [6.45, 7) is 0. The van der Waals surface area contributed by atoms with Gasteiger partial charge in [-0.15, -0.1) is 0 Å². The number of para-hydroxylation sites is 1. The van der Waals surface area contributed by atoms with E-state index in [1.165, 1.54) is 6.42 Å². The number of nitrogens with one attached hydrogen (secondary N) is 1. The quantitative estimate of drug-likeness (QED) is 0.469. The Morgan fingerprint density at radius 3 is 2.68 bits per heavy atom. The van der Waals surface area contributed by atoms with Crippen LogP contribution >= 0.6 is 0 Å². The summed E-state index contributed by atoms with van der Waals surface area (Å²) in [7, 11) is 0. The molecule has 2 aromatic heterocycles. The molecule has 1 N–H and O–H groups in total. The van der Waals surface area contributed by atoms with E-state index in [2.05, 4.69) is 10.3 Å². The molecule has 0 unspecified atom stereocenters. The predicted molar refractivity (Wildman–Crippen MR) is 112 cm³/mol. The van der Waals surface area contributed by atoms with E-state index >= 15 is 0 Å². The first-order valence-electron chi connectivity index (χ1n) is 9.95. The number of nitrogens with zero attached hydrogens (tertiary/aromatic N) is 1. The summed E-state index contributed by atoms with van der Waals surface area (Å²) in [4.78, 5) is 17.0. The zero-order valence-electron chi connectivity index (χ0n) is 15.7. The number of furan rings is 1. The number of pyridine rings is 1. The molecule has 5 rings (SSSR count). The second kappa shape index (κ2) is 7.12. The molecule has 0 spiro atoms. The van der Waals surface area contributed by atoms with Crippen molar-refractivity contribution in [1.29, 1.82) is 0 Å². The Bertz CT molecular complexity index is 1120. The monoisotopic (exact) mass is 370 g/mol. The van der Waals surface area contributed by atoms with Crippen molar-refractivity contribution in [3.63, 3.8) is 0 Å². The lowest BCUT2D eigenvalue weighted by molar-refractivity contribution is -0.120. The van der Waals surface area contributed by atoms with Crippen LogP contribution < -0.4 is 5.32 Å². The first-order valence-corrected chi connectivity index (χ1v) is 9.95. The lowest BCUT2D eigenvalue weighted by Crippen LogP contribution is -2.24. The van der Waals surface area contributed by atoms with Crippen molar-refractivity contribution in [2.75, 3.05) is 5.32 Å². The Morgan fingerprint density at radius 1 is 0.964 bits per heavy atom. The van der Waals surface area contributed by atoms with Crippen LogP contribution in [0.1, 0.15) is 32.1 Å². The van der Waals surface area contributed by atoms with Gasteiger partial charge >= 0.3 is 0 Å². The Morgan fingerprint density at radius 2 is 1.82 bits per heavy atom. The molecule has 1 saturated carbocycles. The van der Waals surface area contributed by atoms with E-state index in [0.717, 1.165) is 64.4 Å². The lowest BCUT2D eigenvalue weighted by Gasteiger charge is -2.20. The normalized spacial score (nSPS) is 15.1. The average Bonchev–Trinajstić information content (AvgIpc) is 3.18. The summed E-state index contributed by atoms with van der Waals surface area (Å²) in [5, 5.41) is 6.23. The summed E-state index contributed by atoms with van der Waals surface area (Å²) in [5.74, 6) is 1.06. The highest BCUT2D eigenvalue weighted by Crippen LogP contribution is 2.34. The van der Waals surface area contributed by atoms with Crippen molar-refractivity contribution >= 4 is 33.3 Å². The van der Waals surface area contributed by atoms with Crippen molar-refractivity contribution in [3.05, 3.63) is 60.9 Å². The molecular formula is C24H22N2O2. The maximum atomic E-state index is 12.6. The van der Waals surface area contributed by atoms with Crippen molar-refractivity contribution in [2.45, 2.75) is 32.1 Å². The summed E-state index contributed by atoms with van der Waals surface area (Å²) >= 11 is 0. The fourth-order valence-corrected chi connectivity index (χ4v) is 4.16. The zero-order chi connectivity index (χ0) is 18.9. The average molecular weight is 370 g/mol. The van der Waals surface area contributed by atoms with Gasteiger partial charge in [0.25, 0.3) is 0 Å². The van der Waals surface area contributed by atoms with Gasteiger partial charge in [-0.05, 0) is 42.5 Å². The van der Waals surface area contributed by atoms with Gasteiger partial charge in [0.1, 0.15) is 11.3 Å². The first-order chi connectivity index (χ1) is 13.8. The Labute approximate surface area is 163 Å². The Balaban J connectivity index is 1.51. The van der Waals surface area contributed by atoms with Gasteiger partial charge in [-0.3, -0.25) is 9.78 Å². The van der Waals surface area contributed by atoms with Crippen LogP contribution in [0.3, 0.4) is 0 Å². The minimum absolute atomic E-state index is 0.136. The minimum Gasteiger partial charge on any atom is -0.456 e. The molecule has 4 heteroatoms. The van der Waals surface area contributed by atoms with Crippen LogP contribution in [0.25, 0.3) is 33.1 Å². The van der Waals surface area contributed by atoms with E-state index in [1.807, 2.05) is 60.9 Å². The van der Waals surface area contributed by atoms with Crippen molar-refractivity contribution < 1.29 is 9.21 Å². The van der Waals surface area contributed by atoms with Crippen LogP contribution in [-0.2, 0) is 4.79 Å². The van der Waals surface area contributed by atoms with Crippen LogP contribution in [0.5, 0.6) is 0 Å². The van der Waals surface area contributed by atoms with Gasteiger partial charge in [0, 0.05) is 40.3 Å². The third-order valence-electron chi connectivity index (χ3n) is 5.70. The second-order valence-electron chi connectivity index (χ2n) is 7.60. The maximum Gasteiger partial charge on any atom is 0.227 e. The highest BCUT2D eigenvalue weighted by molar-refractivity contribution is 6.01. The highest BCUT2D eigenvalue weighted by Gasteiger charge is 2.21. The molecular weight excluding hydrogens is 348 g/mol. The molecule has 140 valence electrons. The van der Waals surface area contributed by atoms with Crippen LogP contribution in [0.2, 0.25) is 0 Å². The fraction of sp³-hybridized carbons (Fsp3) is 0.250. The molecule has 2 heterocycles. The van der Waals surface area contributed by atoms with E-state index in [0.29, 0.717) is 0 Å². The van der Waals surface area contributed by atoms with E-state index in [4.69, 9.17) is 4.42 Å². The molecule has 2 aromatic carbocycles. The molecule has 1 aliphatic carbocycles. The van der Waals surface area contributed by atoms with Crippen molar-refractivity contribution in [1.82, 2.24) is 4.98 Å². The standard InChI is InChI=1S/C24H22N2O2/c27-24(16-6-2-1-3-7-16)26-19-11-10-18-14-25-15-21(20(18)13-19)23-12-17-8-4-5-9-22(17)28-23/h4-5,8-16H,1-3,6-7H2,(H,26,27). The van der Waals surface area contributed by atoms with Gasteiger partial charge < -0.3 is 9.73 Å². The predicted octanol–water partition coefficient (Wildman–Crippen LogP) is 6.17. The number of anilines is 1. The summed E-state index contributed by atoms with van der Waals surface area (Å²) in [6, 6.07) is 16.0. The smallest absolute Gasteiger partial charge is 0.227 e. The Kier molecular flexibility index (Phi) is 4.32. The lowest BCUT2D eigenvalue weighted by atomic mass is 9.88. The number of aromatic nitrogens is 1. The number of amides is 1. The van der Waals surface area contributed by atoms with E-state index < -0.39 is 0 Å². The number of hydrogen-bond acceptors (Lipinski definition) is 3. The van der Waals surface area contributed by atoms with Crippen LogP contribution in [0.15, 0.2) is 65.3 Å². The zero-order valence-corrected chi connectivity index (χ0v) is 15.7. The van der Waals surface area contributed by atoms with Crippen LogP contribution in [0.4, 0.5) is 5.69 Å². The van der Waals surface area contributed by atoms with Gasteiger partial charge in [0.2, 0.25) is 5.91 Å². The highest BCUT2D eigenvalue weighted by atomic mass is 16.3. The topological polar surface area (TPSA) is 55.1 Å². The van der Waals surface area contributed by atoms with E-state index in [-0.39, 0.29) is 11.8 Å². The molecule has 1 aliphatic rings. The largest absolute Gasteiger partial charge is 0.456 e. The van der Waals surface area contributed by atoms with Crippen molar-refractivity contribution in [2.24, 2.45) is 5.92 Å². The summed E-state index contributed by atoms with van der Waals surface area (Å²) < 4.78 is 6.05. The molecule has 1 fully saturated rings. The molecule has 1 amide bonds. The third kappa shape index (κ3) is 3.15. The molecule has 28 heavy (non-hydrogen) atoms. The van der Waals surface area contributed by atoms with Crippen LogP contribution in [-0.4, -0.2) is 10.9 Å². The molecule has 4 nitrogen and oxygen atoms in total. The number of carbonyl (C=O) groups excluding carboxylic acids is 1. The fourth-order valence-electron chi connectivity index (χ4n) is 4.16. The van der Waals surface area contributed by atoms with Gasteiger partial charge in [0.15, 0.2) is 0 Å². The summed E-state index contributed by atoms with van der Waals surface area (Å²) in [6.07, 6.45) is 9.20. The molecule has 0 saturated heterocycles. The number of carbonyl (C=O) groups is 1. The van der Waals surface area contributed by atoms with E-state index in [1.54, 1.807) is 0 Å². The Hall–Kier alpha value is -3.14. The minimum atomic E-state index is 0.136. The van der Waals surface area contributed by atoms with E-state index in [9.17, 15) is 4.79 Å². The number of benzene rings is 2. The summed E-state index contributed by atoms with van der Waals surface area (Å²) in [5.41, 5.74) is 2.62. The molecule has 0 aliphatic heterocycles. The second-order valence-corrected chi connectivity index (χ2v) is 7.60. The SMILES string of the molecule is O=C(Nc1ccc2cncc(-c3cc4ccccc4o3)c2c1)C1CCCCC1. The molecule has 0 bridgehead atoms. The molecule has 0 atom stereocenters. The van der Waals surface area contributed by atoms with Crippen molar-refractivity contribution in [3.8, 4) is 11.3 Å². The van der Waals surface area contributed by atoms with Gasteiger partial charge in [-0.25, -0.2) is 0 Å².